The van der Waals surface area contributed by atoms with Gasteiger partial charge in [-0.2, -0.15) is 0 Å². The molecular weight excluding hydrogens is 144 g/mol. The van der Waals surface area contributed by atoms with Crippen molar-refractivity contribution in [2.75, 3.05) is 7.11 Å². The summed E-state index contributed by atoms with van der Waals surface area (Å²) in [6, 6.07) is 0. The first kappa shape index (κ1) is 13.1. The van der Waals surface area contributed by atoms with Crippen LogP contribution < -0.4 is 0 Å². The quantitative estimate of drug-likeness (QED) is 0.592. The highest BCUT2D eigenvalue weighted by Crippen LogP contribution is 1.93. The van der Waals surface area contributed by atoms with Crippen molar-refractivity contribution in [3.05, 3.63) is 0 Å². The van der Waals surface area contributed by atoms with Gasteiger partial charge in [-0.15, -0.1) is 0 Å². The second kappa shape index (κ2) is 6.16. The molecule has 0 unspecified atom stereocenters. The minimum absolute atomic E-state index is 0.157. The van der Waals surface area contributed by atoms with E-state index in [1.165, 1.54) is 7.11 Å². The molecular formula is C8H18O3. The molecule has 0 amide bonds. The van der Waals surface area contributed by atoms with Gasteiger partial charge in [-0.1, -0.05) is 6.92 Å². The van der Waals surface area contributed by atoms with Crippen molar-refractivity contribution in [2.45, 2.75) is 39.7 Å². The number of methoxy groups -OCH3 is 1. The van der Waals surface area contributed by atoms with E-state index in [1.54, 1.807) is 27.7 Å². The maximum atomic E-state index is 9.96. The second-order valence-electron chi connectivity index (χ2n) is 3.10. The van der Waals surface area contributed by atoms with Crippen molar-refractivity contribution < 1.29 is 14.6 Å². The van der Waals surface area contributed by atoms with Gasteiger partial charge in [0.2, 0.25) is 0 Å². The van der Waals surface area contributed by atoms with Crippen LogP contribution in [0.1, 0.15) is 34.1 Å². The summed E-state index contributed by atoms with van der Waals surface area (Å²) in [4.78, 5) is 9.96. The molecule has 68 valence electrons. The summed E-state index contributed by atoms with van der Waals surface area (Å²) >= 11 is 0. The first-order valence-electron chi connectivity index (χ1n) is 3.60. The number of hydrogen-bond donors (Lipinski definition) is 1. The van der Waals surface area contributed by atoms with Gasteiger partial charge in [0.1, 0.15) is 0 Å². The molecule has 0 saturated heterocycles. The molecule has 0 radical (unpaired) electrons. The van der Waals surface area contributed by atoms with Crippen molar-refractivity contribution in [3.8, 4) is 0 Å². The SMILES string of the molecule is CC(C)(C)O.CCC(=O)OC. The number of carbonyl (C=O) groups is 1. The average molecular weight is 162 g/mol. The lowest BCUT2D eigenvalue weighted by Gasteiger charge is -2.04. The molecule has 0 aromatic carbocycles. The Morgan fingerprint density at radius 2 is 1.73 bits per heavy atom. The molecule has 3 heteroatoms. The van der Waals surface area contributed by atoms with Crippen LogP contribution in [0.3, 0.4) is 0 Å². The van der Waals surface area contributed by atoms with Gasteiger partial charge in [-0.3, -0.25) is 4.79 Å². The fourth-order valence-corrected chi connectivity index (χ4v) is 0.144. The molecule has 0 heterocycles. The third-order valence-electron chi connectivity index (χ3n) is 0.516. The summed E-state index contributed by atoms with van der Waals surface area (Å²) in [7, 11) is 1.38. The van der Waals surface area contributed by atoms with Crippen LogP contribution in [0.15, 0.2) is 0 Å². The van der Waals surface area contributed by atoms with E-state index >= 15 is 0 Å². The standard InChI is InChI=1S/C4H8O2.C4H10O/c1-3-4(5)6-2;1-4(2,3)5/h3H2,1-2H3;5H,1-3H3. The maximum absolute atomic E-state index is 9.96. The van der Waals surface area contributed by atoms with E-state index in [2.05, 4.69) is 4.74 Å². The number of aliphatic hydroxyl groups is 1. The Morgan fingerprint density at radius 1 is 1.45 bits per heavy atom. The van der Waals surface area contributed by atoms with Gasteiger partial charge in [0, 0.05) is 6.42 Å². The van der Waals surface area contributed by atoms with Gasteiger partial charge in [0.15, 0.2) is 0 Å². The molecule has 0 aliphatic heterocycles. The molecule has 1 N–H and O–H groups in total. The zero-order valence-corrected chi connectivity index (χ0v) is 7.97. The number of hydrogen-bond acceptors (Lipinski definition) is 3. The minimum atomic E-state index is -0.500. The molecule has 0 aromatic rings. The molecule has 0 aromatic heterocycles. The highest BCUT2D eigenvalue weighted by molar-refractivity contribution is 5.68. The molecule has 0 spiro atoms. The largest absolute Gasteiger partial charge is 0.469 e. The molecule has 0 bridgehead atoms. The van der Waals surface area contributed by atoms with Crippen LogP contribution >= 0.6 is 0 Å². The predicted molar refractivity (Wildman–Crippen MR) is 44.3 cm³/mol. The Labute approximate surface area is 68.4 Å². The fraction of sp³-hybridized carbons (Fsp3) is 0.875. The molecule has 0 rings (SSSR count). The van der Waals surface area contributed by atoms with Crippen molar-refractivity contribution in [3.63, 3.8) is 0 Å². The van der Waals surface area contributed by atoms with Crippen LogP contribution in [0.5, 0.6) is 0 Å². The number of carbonyl (C=O) groups excluding carboxylic acids is 1. The summed E-state index contributed by atoms with van der Waals surface area (Å²) in [5.74, 6) is -0.157. The molecule has 0 fully saturated rings. The Bertz CT molecular complexity index is 90.4. The van der Waals surface area contributed by atoms with E-state index in [4.69, 9.17) is 5.11 Å². The van der Waals surface area contributed by atoms with Crippen molar-refractivity contribution in [1.29, 1.82) is 0 Å². The monoisotopic (exact) mass is 162 g/mol. The summed E-state index contributed by atoms with van der Waals surface area (Å²) < 4.78 is 4.26. The van der Waals surface area contributed by atoms with Crippen LogP contribution in [0.4, 0.5) is 0 Å². The molecule has 0 aliphatic rings. The van der Waals surface area contributed by atoms with E-state index in [-0.39, 0.29) is 5.97 Å². The summed E-state index contributed by atoms with van der Waals surface area (Å²) in [6.45, 7) is 6.98. The van der Waals surface area contributed by atoms with Crippen LogP contribution in [-0.4, -0.2) is 23.8 Å². The van der Waals surface area contributed by atoms with E-state index in [0.717, 1.165) is 0 Å². The van der Waals surface area contributed by atoms with Gasteiger partial charge in [-0.05, 0) is 20.8 Å². The summed E-state index contributed by atoms with van der Waals surface area (Å²) in [6.07, 6.45) is 0.469. The van der Waals surface area contributed by atoms with Crippen LogP contribution in [0, 0.1) is 0 Å². The minimum Gasteiger partial charge on any atom is -0.469 e. The van der Waals surface area contributed by atoms with Crippen molar-refractivity contribution in [2.24, 2.45) is 0 Å². The lowest BCUT2D eigenvalue weighted by Crippen LogP contribution is -2.10. The second-order valence-corrected chi connectivity index (χ2v) is 3.10. The van der Waals surface area contributed by atoms with E-state index in [0.29, 0.717) is 6.42 Å². The molecule has 0 atom stereocenters. The van der Waals surface area contributed by atoms with Gasteiger partial charge in [0.05, 0.1) is 12.7 Å². The van der Waals surface area contributed by atoms with Gasteiger partial charge in [0.25, 0.3) is 0 Å². The van der Waals surface area contributed by atoms with Gasteiger partial charge < -0.3 is 9.84 Å². The van der Waals surface area contributed by atoms with Gasteiger partial charge in [-0.25, -0.2) is 0 Å². The zero-order valence-electron chi connectivity index (χ0n) is 7.97. The van der Waals surface area contributed by atoms with E-state index in [9.17, 15) is 4.79 Å². The molecule has 0 saturated carbocycles. The maximum Gasteiger partial charge on any atom is 0.305 e. The van der Waals surface area contributed by atoms with Crippen LogP contribution in [-0.2, 0) is 9.53 Å². The highest BCUT2D eigenvalue weighted by atomic mass is 16.5. The van der Waals surface area contributed by atoms with Crippen LogP contribution in [0.25, 0.3) is 0 Å². The zero-order chi connectivity index (χ0) is 9.49. The number of rotatable bonds is 1. The van der Waals surface area contributed by atoms with Gasteiger partial charge >= 0.3 is 5.97 Å². The predicted octanol–water partition coefficient (Wildman–Crippen LogP) is 1.35. The third-order valence-corrected chi connectivity index (χ3v) is 0.516. The Morgan fingerprint density at radius 3 is 1.73 bits per heavy atom. The lowest BCUT2D eigenvalue weighted by molar-refractivity contribution is -0.140. The molecule has 3 nitrogen and oxygen atoms in total. The Kier molecular flexibility index (Phi) is 7.31. The van der Waals surface area contributed by atoms with Crippen LogP contribution in [0.2, 0.25) is 0 Å². The Balaban J connectivity index is 0. The first-order valence-corrected chi connectivity index (χ1v) is 3.60. The lowest BCUT2D eigenvalue weighted by atomic mass is 10.2. The number of esters is 1. The molecule has 0 aliphatic carbocycles. The fourth-order valence-electron chi connectivity index (χ4n) is 0.144. The van der Waals surface area contributed by atoms with E-state index in [1.807, 2.05) is 0 Å². The third kappa shape index (κ3) is 44.2. The van der Waals surface area contributed by atoms with Crippen molar-refractivity contribution >= 4 is 5.97 Å². The Hall–Kier alpha value is -0.570. The molecule has 11 heavy (non-hydrogen) atoms. The number of ether oxygens (including phenoxy) is 1. The van der Waals surface area contributed by atoms with E-state index < -0.39 is 5.60 Å². The average Bonchev–Trinajstić information content (AvgIpc) is 1.83. The highest BCUT2D eigenvalue weighted by Gasteiger charge is 1.97. The van der Waals surface area contributed by atoms with Crippen molar-refractivity contribution in [1.82, 2.24) is 0 Å². The topological polar surface area (TPSA) is 46.5 Å². The first-order chi connectivity index (χ1) is 4.81. The smallest absolute Gasteiger partial charge is 0.305 e. The summed E-state index contributed by atoms with van der Waals surface area (Å²) in [5, 5.41) is 8.52. The normalized spacial score (nSPS) is 9.64. The summed E-state index contributed by atoms with van der Waals surface area (Å²) in [5.41, 5.74) is -0.500.